The quantitative estimate of drug-likeness (QED) is 0.113. The maximum atomic E-state index is 13.2. The summed E-state index contributed by atoms with van der Waals surface area (Å²) in [6.45, 7) is 15.8. The van der Waals surface area contributed by atoms with Gasteiger partial charge in [0.25, 0.3) is 0 Å². The first-order valence-electron chi connectivity index (χ1n) is 17.4. The predicted molar refractivity (Wildman–Crippen MR) is 192 cm³/mol. The second kappa shape index (κ2) is 15.5. The zero-order valence-corrected chi connectivity index (χ0v) is 29.8. The van der Waals surface area contributed by atoms with E-state index in [1.807, 2.05) is 19.9 Å². The van der Waals surface area contributed by atoms with Gasteiger partial charge in [0.15, 0.2) is 0 Å². The highest BCUT2D eigenvalue weighted by Gasteiger charge is 2.32. The molecule has 3 aromatic rings. The molecule has 49 heavy (non-hydrogen) atoms. The van der Waals surface area contributed by atoms with Gasteiger partial charge in [-0.2, -0.15) is 11.8 Å². The van der Waals surface area contributed by atoms with Gasteiger partial charge in [0.2, 0.25) is 0 Å². The Morgan fingerprint density at radius 1 is 0.857 bits per heavy atom. The molecule has 0 aromatic carbocycles. The van der Waals surface area contributed by atoms with Crippen LogP contribution in [0.5, 0.6) is 0 Å². The van der Waals surface area contributed by atoms with Crippen molar-refractivity contribution < 1.29 is 24.0 Å². The van der Waals surface area contributed by atoms with Crippen molar-refractivity contribution in [3.05, 3.63) is 68.8 Å². The lowest BCUT2D eigenvalue weighted by molar-refractivity contribution is -0.144. The summed E-state index contributed by atoms with van der Waals surface area (Å²) >= 11 is 0. The number of ether oxygens (including phenoxy) is 1. The van der Waals surface area contributed by atoms with E-state index in [-0.39, 0.29) is 18.3 Å². The number of rotatable bonds is 12. The number of aromatic nitrogens is 4. The van der Waals surface area contributed by atoms with Crippen LogP contribution >= 0.6 is 0 Å². The number of hydrogen-bond acceptors (Lipinski definition) is 9. The van der Waals surface area contributed by atoms with Crippen LogP contribution in [0, 0.1) is 20.8 Å². The Morgan fingerprint density at radius 2 is 1.61 bits per heavy atom. The average Bonchev–Trinajstić information content (AvgIpc) is 3.78. The standard InChI is InChI=1S/C38H50N6O5/c1-8-10-11-15-47-16-14-26-21(4)28-17-30-22(5)27(12-13-34(45)48-39)36(43-30)24(7)37-35(38(46)49-40)23(6)31(44-37)19-32-25(9-2)20(3)29(41-32)18-33(26)42-28/h17-19,22,27,41,44H,8-16,39-40H2,1-7H3/t22-,27-/m0/s1. The van der Waals surface area contributed by atoms with Crippen molar-refractivity contribution in [1.29, 1.82) is 0 Å². The Labute approximate surface area is 287 Å². The summed E-state index contributed by atoms with van der Waals surface area (Å²) in [4.78, 5) is 52.2. The molecule has 6 N–H and O–H groups in total. The van der Waals surface area contributed by atoms with Crippen LogP contribution < -0.4 is 11.8 Å². The van der Waals surface area contributed by atoms with E-state index >= 15 is 0 Å². The van der Waals surface area contributed by atoms with Crippen molar-refractivity contribution >= 4 is 45.2 Å². The minimum absolute atomic E-state index is 0.0630. The Bertz CT molecular complexity index is 1940. The maximum absolute atomic E-state index is 13.2. The van der Waals surface area contributed by atoms with E-state index in [0.717, 1.165) is 100 Å². The van der Waals surface area contributed by atoms with E-state index < -0.39 is 11.9 Å². The Morgan fingerprint density at radius 3 is 2.31 bits per heavy atom. The zero-order chi connectivity index (χ0) is 35.4. The first-order valence-corrected chi connectivity index (χ1v) is 17.4. The summed E-state index contributed by atoms with van der Waals surface area (Å²) in [7, 11) is 0. The fraction of sp³-hybridized carbons (Fsp3) is 0.474. The molecule has 0 saturated heterocycles. The van der Waals surface area contributed by atoms with Crippen LogP contribution in [0.25, 0.3) is 33.2 Å². The Balaban J connectivity index is 1.82. The molecule has 3 aromatic heterocycles. The summed E-state index contributed by atoms with van der Waals surface area (Å²) in [5.41, 5.74) is 13.0. The molecule has 0 radical (unpaired) electrons. The van der Waals surface area contributed by atoms with E-state index in [0.29, 0.717) is 29.7 Å². The molecule has 0 saturated carbocycles. The number of hydrogen-bond donors (Lipinski definition) is 4. The van der Waals surface area contributed by atoms with Gasteiger partial charge in [0.05, 0.1) is 29.1 Å². The molecule has 0 amide bonds. The summed E-state index contributed by atoms with van der Waals surface area (Å²) in [6, 6.07) is 6.23. The molecule has 11 heteroatoms. The van der Waals surface area contributed by atoms with Gasteiger partial charge in [-0.05, 0) is 105 Å². The second-order valence-electron chi connectivity index (χ2n) is 13.2. The van der Waals surface area contributed by atoms with Gasteiger partial charge in [-0.15, -0.1) is 0 Å². The van der Waals surface area contributed by atoms with Crippen LogP contribution in [0.4, 0.5) is 0 Å². The molecule has 5 rings (SSSR count). The van der Waals surface area contributed by atoms with Gasteiger partial charge < -0.3 is 24.4 Å². The van der Waals surface area contributed by atoms with Crippen LogP contribution in [0.15, 0.2) is 18.2 Å². The van der Waals surface area contributed by atoms with Gasteiger partial charge in [0, 0.05) is 52.8 Å². The maximum Gasteiger partial charge on any atom is 0.359 e. The van der Waals surface area contributed by atoms with Gasteiger partial charge in [-0.25, -0.2) is 9.78 Å². The van der Waals surface area contributed by atoms with Crippen molar-refractivity contribution in [2.75, 3.05) is 13.2 Å². The number of nitrogens with zero attached hydrogens (tertiary/aromatic N) is 2. The number of nitrogens with two attached hydrogens (primary N) is 2. The van der Waals surface area contributed by atoms with Crippen LogP contribution in [0.3, 0.4) is 0 Å². The fourth-order valence-corrected chi connectivity index (χ4v) is 7.25. The lowest BCUT2D eigenvalue weighted by Crippen LogP contribution is -2.13. The van der Waals surface area contributed by atoms with Gasteiger partial charge in [-0.1, -0.05) is 33.6 Å². The van der Waals surface area contributed by atoms with Crippen molar-refractivity contribution in [1.82, 2.24) is 19.9 Å². The second-order valence-corrected chi connectivity index (χ2v) is 13.2. The normalized spacial score (nSPS) is 15.9. The van der Waals surface area contributed by atoms with E-state index in [2.05, 4.69) is 61.6 Å². The number of carbonyl (C=O) groups is 2. The number of fused-ring (bicyclic) bond motifs is 8. The Hall–Kier alpha value is -4.32. The average molecular weight is 671 g/mol. The van der Waals surface area contributed by atoms with Crippen molar-refractivity contribution in [3.8, 4) is 0 Å². The number of carbonyl (C=O) groups excluding carboxylic acids is 2. The van der Waals surface area contributed by atoms with Crippen LogP contribution in [0.2, 0.25) is 0 Å². The molecular weight excluding hydrogens is 620 g/mol. The monoisotopic (exact) mass is 670 g/mol. The number of H-pyrrole nitrogens is 2. The smallest absolute Gasteiger partial charge is 0.359 e. The van der Waals surface area contributed by atoms with Crippen LogP contribution in [-0.4, -0.2) is 45.1 Å². The van der Waals surface area contributed by atoms with Crippen molar-refractivity contribution in [3.63, 3.8) is 0 Å². The predicted octanol–water partition coefficient (Wildman–Crippen LogP) is 7.44. The minimum Gasteiger partial charge on any atom is -0.381 e. The van der Waals surface area contributed by atoms with Gasteiger partial charge >= 0.3 is 11.9 Å². The highest BCUT2D eigenvalue weighted by molar-refractivity contribution is 6.03. The third-order valence-corrected chi connectivity index (χ3v) is 10.3. The topological polar surface area (TPSA) is 171 Å². The molecular formula is C38H50N6O5. The van der Waals surface area contributed by atoms with Crippen LogP contribution in [-0.2, 0) is 25.6 Å². The van der Waals surface area contributed by atoms with E-state index in [1.165, 1.54) is 5.56 Å². The summed E-state index contributed by atoms with van der Waals surface area (Å²) in [6.07, 6.45) is 5.50. The molecule has 2 atom stereocenters. The first kappa shape index (κ1) is 36.0. The first-order chi connectivity index (χ1) is 23.5. The minimum atomic E-state index is -0.649. The molecule has 11 nitrogen and oxygen atoms in total. The molecule has 2 aliphatic heterocycles. The summed E-state index contributed by atoms with van der Waals surface area (Å²) in [5, 5.41) is 0. The van der Waals surface area contributed by atoms with Crippen molar-refractivity contribution in [2.45, 2.75) is 105 Å². The molecule has 8 bridgehead atoms. The van der Waals surface area contributed by atoms with E-state index in [9.17, 15) is 9.59 Å². The number of aryl methyl sites for hydroxylation is 4. The molecule has 5 heterocycles. The third kappa shape index (κ3) is 7.20. The van der Waals surface area contributed by atoms with Crippen LogP contribution in [0.1, 0.15) is 133 Å². The molecule has 0 fully saturated rings. The van der Waals surface area contributed by atoms with E-state index in [1.54, 1.807) is 0 Å². The number of aromatic amines is 2. The summed E-state index contributed by atoms with van der Waals surface area (Å²) < 4.78 is 6.05. The lowest BCUT2D eigenvalue weighted by Gasteiger charge is -2.16. The Kier molecular flexibility index (Phi) is 11.4. The van der Waals surface area contributed by atoms with Gasteiger partial charge in [-0.3, -0.25) is 9.78 Å². The highest BCUT2D eigenvalue weighted by atomic mass is 16.7. The largest absolute Gasteiger partial charge is 0.381 e. The molecule has 2 aliphatic rings. The molecule has 262 valence electrons. The van der Waals surface area contributed by atoms with Crippen molar-refractivity contribution in [2.24, 2.45) is 11.8 Å². The van der Waals surface area contributed by atoms with E-state index in [4.69, 9.17) is 31.3 Å². The van der Waals surface area contributed by atoms with Gasteiger partial charge in [0.1, 0.15) is 0 Å². The SMILES string of the molecule is CCCCCOCCC1=C(C)c2cc3nc(c(C)c4[nH]c(cc5[nH]c(cc1n2)c(C)c5CC)c(C)c4C(=O)ON)[C@@H](CCC(=O)ON)[C@@H]3C. The number of allylic oxidation sites excluding steroid dienone is 1. The zero-order valence-electron chi connectivity index (χ0n) is 29.8. The lowest BCUT2D eigenvalue weighted by atomic mass is 9.85. The fourth-order valence-electron chi connectivity index (χ4n) is 7.25. The third-order valence-electron chi connectivity index (χ3n) is 10.3. The number of unbranched alkanes of at least 4 members (excludes halogenated alkanes) is 2. The highest BCUT2D eigenvalue weighted by Crippen LogP contribution is 2.43. The molecule has 0 unspecified atom stereocenters. The molecule has 0 aliphatic carbocycles. The number of nitrogens with one attached hydrogen (secondary N) is 2. The summed E-state index contributed by atoms with van der Waals surface area (Å²) in [5.74, 6) is 9.28. The molecule has 0 spiro atoms.